The predicted octanol–water partition coefficient (Wildman–Crippen LogP) is 4.24. The maximum absolute atomic E-state index is 12.3. The van der Waals surface area contributed by atoms with Gasteiger partial charge in [0.05, 0.1) is 16.0 Å². The second kappa shape index (κ2) is 9.99. The van der Waals surface area contributed by atoms with Crippen LogP contribution in [-0.4, -0.2) is 20.3 Å². The number of benzene rings is 3. The molecule has 0 saturated heterocycles. The van der Waals surface area contributed by atoms with Crippen LogP contribution in [0.5, 0.6) is 11.5 Å². The Hall–Kier alpha value is -3.82. The van der Waals surface area contributed by atoms with Crippen molar-refractivity contribution >= 4 is 45.4 Å². The highest BCUT2D eigenvalue weighted by atomic mass is 35.5. The van der Waals surface area contributed by atoms with Gasteiger partial charge in [0, 0.05) is 11.8 Å². The molecule has 0 saturated carbocycles. The number of halogens is 1. The summed E-state index contributed by atoms with van der Waals surface area (Å²) in [6.07, 6.45) is 1.41. The van der Waals surface area contributed by atoms with Gasteiger partial charge in [-0.2, -0.15) is 8.42 Å². The third-order valence-electron chi connectivity index (χ3n) is 3.94. The Kier molecular flexibility index (Phi) is 7.14. The number of carbonyl (C=O) groups is 1. The number of hydrogen-bond donors (Lipinski definition) is 3. The van der Waals surface area contributed by atoms with Crippen LogP contribution in [0.4, 0.5) is 5.69 Å². The van der Waals surface area contributed by atoms with Crippen molar-refractivity contribution in [1.29, 1.82) is 5.41 Å². The van der Waals surface area contributed by atoms with Gasteiger partial charge in [-0.15, -0.1) is 0 Å². The van der Waals surface area contributed by atoms with E-state index in [0.717, 1.165) is 5.41 Å². The van der Waals surface area contributed by atoms with Crippen LogP contribution in [0.1, 0.15) is 15.9 Å². The lowest BCUT2D eigenvalue weighted by atomic mass is 10.2. The lowest BCUT2D eigenvalue weighted by Gasteiger charge is -2.09. The zero-order chi connectivity index (χ0) is 23.1. The normalized spacial score (nSPS) is 11.2. The van der Waals surface area contributed by atoms with E-state index in [4.69, 9.17) is 31.7 Å². The summed E-state index contributed by atoms with van der Waals surface area (Å²) in [5.74, 6) is -0.903. The molecule has 32 heavy (non-hydrogen) atoms. The fourth-order valence-electron chi connectivity index (χ4n) is 2.51. The van der Waals surface area contributed by atoms with Gasteiger partial charge in [0.25, 0.3) is 0 Å². The van der Waals surface area contributed by atoms with Gasteiger partial charge in [0.2, 0.25) is 0 Å². The molecule has 0 spiro atoms. The smallest absolute Gasteiger partial charge is 0.343 e. The van der Waals surface area contributed by atoms with E-state index >= 15 is 0 Å². The van der Waals surface area contributed by atoms with Gasteiger partial charge in [-0.3, -0.25) is 5.41 Å². The molecule has 0 aliphatic rings. The lowest BCUT2D eigenvalue weighted by molar-refractivity contribution is 0.0734. The summed E-state index contributed by atoms with van der Waals surface area (Å²) in [6.45, 7) is 0. The molecule has 0 fully saturated rings. The van der Waals surface area contributed by atoms with Gasteiger partial charge >= 0.3 is 16.1 Å². The summed E-state index contributed by atoms with van der Waals surface area (Å²) >= 11 is 6.13. The van der Waals surface area contributed by atoms with Crippen LogP contribution in [-0.2, 0) is 10.1 Å². The first-order chi connectivity index (χ1) is 15.2. The monoisotopic (exact) mass is 471 g/mol. The van der Waals surface area contributed by atoms with E-state index < -0.39 is 16.1 Å². The quantitative estimate of drug-likeness (QED) is 0.154. The van der Waals surface area contributed by atoms with Crippen molar-refractivity contribution in [2.45, 2.75) is 0 Å². The highest BCUT2D eigenvalue weighted by Crippen LogP contribution is 2.30. The van der Waals surface area contributed by atoms with Gasteiger partial charge in [-0.05, 0) is 48.0 Å². The average Bonchev–Trinajstić information content (AvgIpc) is 2.75. The Morgan fingerprint density at radius 3 is 2.34 bits per heavy atom. The Morgan fingerprint density at radius 2 is 1.72 bits per heavy atom. The van der Waals surface area contributed by atoms with Crippen LogP contribution in [0, 0.1) is 5.41 Å². The number of carbonyl (C=O) groups excluding carboxylic acids is 1. The van der Waals surface area contributed by atoms with Crippen LogP contribution in [0.3, 0.4) is 0 Å². The highest BCUT2D eigenvalue weighted by Gasteiger charge is 2.14. The van der Waals surface area contributed by atoms with Crippen molar-refractivity contribution in [3.63, 3.8) is 0 Å². The molecule has 0 aliphatic heterocycles. The molecule has 0 radical (unpaired) electrons. The number of nitrogens with two attached hydrogens (primary N) is 1. The van der Waals surface area contributed by atoms with Crippen molar-refractivity contribution in [1.82, 2.24) is 0 Å². The van der Waals surface area contributed by atoms with Gasteiger partial charge < -0.3 is 20.0 Å². The Bertz CT molecular complexity index is 1260. The topological polar surface area (TPSA) is 132 Å². The number of esters is 1. The number of ether oxygens (including phenoxy) is 1. The average molecular weight is 472 g/mol. The van der Waals surface area contributed by atoms with Crippen LogP contribution in [0.15, 0.2) is 78.2 Å². The summed E-state index contributed by atoms with van der Waals surface area (Å²) in [5.41, 5.74) is 6.73. The first-order valence-electron chi connectivity index (χ1n) is 9.12. The van der Waals surface area contributed by atoms with Crippen LogP contribution < -0.4 is 20.0 Å². The molecule has 3 aromatic rings. The molecule has 10 heteroatoms. The number of anilines is 1. The summed E-state index contributed by atoms with van der Waals surface area (Å²) in [6, 6.07) is 18.9. The molecule has 0 aliphatic carbocycles. The minimum absolute atomic E-state index is 0.00652. The maximum Gasteiger partial charge on any atom is 0.343 e. The van der Waals surface area contributed by atoms with Crippen molar-refractivity contribution in [3.05, 3.63) is 94.4 Å². The van der Waals surface area contributed by atoms with E-state index in [-0.39, 0.29) is 28.0 Å². The van der Waals surface area contributed by atoms with Crippen molar-refractivity contribution < 1.29 is 22.1 Å². The van der Waals surface area contributed by atoms with Crippen molar-refractivity contribution in [2.75, 3.05) is 5.32 Å². The molecule has 0 aromatic heterocycles. The maximum atomic E-state index is 12.3. The molecule has 4 N–H and O–H groups in total. The molecular weight excluding hydrogens is 454 g/mol. The molecule has 0 atom stereocenters. The molecule has 0 amide bonds. The fourth-order valence-corrected chi connectivity index (χ4v) is 3.47. The van der Waals surface area contributed by atoms with Crippen LogP contribution in [0.25, 0.3) is 6.08 Å². The second-order valence-corrected chi connectivity index (χ2v) is 8.22. The van der Waals surface area contributed by atoms with E-state index in [1.54, 1.807) is 36.4 Å². The number of hydrogen-bond acceptors (Lipinski definition) is 6. The van der Waals surface area contributed by atoms with E-state index in [9.17, 15) is 13.2 Å². The largest absolute Gasteiger partial charge is 0.421 e. The molecule has 0 heterocycles. The third-order valence-corrected chi connectivity index (χ3v) is 5.13. The van der Waals surface area contributed by atoms with Crippen LogP contribution in [0.2, 0.25) is 5.02 Å². The van der Waals surface area contributed by atoms with Gasteiger partial charge in [-0.25, -0.2) is 4.79 Å². The zero-order valence-corrected chi connectivity index (χ0v) is 18.1. The lowest BCUT2D eigenvalue weighted by Crippen LogP contribution is -2.20. The summed E-state index contributed by atoms with van der Waals surface area (Å²) in [5, 5.41) is 10.7. The van der Waals surface area contributed by atoms with Crippen molar-refractivity contribution in [2.24, 2.45) is 5.73 Å². The second-order valence-electron chi connectivity index (χ2n) is 6.39. The SMILES string of the molecule is N=C(N)Nc1ccc(C(=O)Oc2ccc(OS(=O)(=O)C=Cc3ccccc3)cc2Cl)cc1. The zero-order valence-electron chi connectivity index (χ0n) is 16.5. The van der Waals surface area contributed by atoms with Gasteiger partial charge in [-0.1, -0.05) is 41.9 Å². The summed E-state index contributed by atoms with van der Waals surface area (Å²) in [4.78, 5) is 12.3. The summed E-state index contributed by atoms with van der Waals surface area (Å²) < 4.78 is 34.6. The Labute approximate surface area is 189 Å². The number of guanidine groups is 1. The molecule has 8 nitrogen and oxygen atoms in total. The first-order valence-corrected chi connectivity index (χ1v) is 11.0. The Morgan fingerprint density at radius 1 is 1.03 bits per heavy atom. The highest BCUT2D eigenvalue weighted by molar-refractivity contribution is 7.90. The van der Waals surface area contributed by atoms with E-state index in [0.29, 0.717) is 11.3 Å². The van der Waals surface area contributed by atoms with Crippen molar-refractivity contribution in [3.8, 4) is 11.5 Å². The summed E-state index contributed by atoms with van der Waals surface area (Å²) in [7, 11) is -4.02. The number of rotatable bonds is 7. The molecule has 3 aromatic carbocycles. The molecule has 164 valence electrons. The van der Waals surface area contributed by atoms with E-state index in [2.05, 4.69) is 5.32 Å². The van der Waals surface area contributed by atoms with E-state index in [1.807, 2.05) is 6.07 Å². The standard InChI is InChI=1S/C22H18ClN3O5S/c23-19-14-18(31-32(28,29)13-12-15-4-2-1-3-5-15)10-11-20(19)30-21(27)16-6-8-17(9-7-16)26-22(24)25/h1-14H,(H4,24,25,26). The molecular formula is C22H18ClN3O5S. The van der Waals surface area contributed by atoms with Gasteiger partial charge in [0.15, 0.2) is 5.96 Å². The first kappa shape index (κ1) is 22.9. The molecule has 3 rings (SSSR count). The minimum Gasteiger partial charge on any atom is -0.421 e. The predicted molar refractivity (Wildman–Crippen MR) is 123 cm³/mol. The van der Waals surface area contributed by atoms with E-state index in [1.165, 1.54) is 36.4 Å². The third kappa shape index (κ3) is 6.59. The van der Waals surface area contributed by atoms with Gasteiger partial charge in [0.1, 0.15) is 11.5 Å². The van der Waals surface area contributed by atoms with Crippen LogP contribution >= 0.6 is 11.6 Å². The molecule has 0 unspecified atom stereocenters. The fraction of sp³-hybridized carbons (Fsp3) is 0. The Balaban J connectivity index is 1.66. The minimum atomic E-state index is -4.02. The molecule has 0 bridgehead atoms. The number of nitrogens with one attached hydrogen (secondary N) is 2.